The fourth-order valence-electron chi connectivity index (χ4n) is 2.21. The van der Waals surface area contributed by atoms with E-state index in [0.717, 1.165) is 19.4 Å². The van der Waals surface area contributed by atoms with Gasteiger partial charge in [-0.2, -0.15) is 0 Å². The van der Waals surface area contributed by atoms with E-state index in [2.05, 4.69) is 16.7 Å². The smallest absolute Gasteiger partial charge is 0.240 e. The largest absolute Gasteiger partial charge is 0.347 e. The maximum Gasteiger partial charge on any atom is 0.240 e. The van der Waals surface area contributed by atoms with E-state index in [9.17, 15) is 4.79 Å². The summed E-state index contributed by atoms with van der Waals surface area (Å²) in [5.41, 5.74) is -0.385. The monoisotopic (exact) mass is 252 g/mol. The molecule has 2 rings (SSSR count). The predicted molar refractivity (Wildman–Crippen MR) is 71.1 cm³/mol. The van der Waals surface area contributed by atoms with Gasteiger partial charge in [-0.3, -0.25) is 4.79 Å². The Kier molecular flexibility index (Phi) is 3.84. The van der Waals surface area contributed by atoms with Gasteiger partial charge in [-0.25, -0.2) is 0 Å². The minimum Gasteiger partial charge on any atom is -0.347 e. The summed E-state index contributed by atoms with van der Waals surface area (Å²) >= 11 is 1.68. The summed E-state index contributed by atoms with van der Waals surface area (Å²) in [6.45, 7) is 4.98. The Morgan fingerprint density at radius 3 is 3.00 bits per heavy atom. The molecule has 1 fully saturated rings. The fraction of sp³-hybridized carbons (Fsp3) is 0.615. The van der Waals surface area contributed by atoms with E-state index in [4.69, 9.17) is 0 Å². The zero-order valence-corrected chi connectivity index (χ0v) is 11.3. The van der Waals surface area contributed by atoms with Gasteiger partial charge in [0.2, 0.25) is 5.91 Å². The van der Waals surface area contributed by atoms with Gasteiger partial charge in [0.15, 0.2) is 0 Å². The standard InChI is InChI=1S/C13H20N2OS/c1-10(11-6-5-9-17-11)15-12(16)13(2)7-3-4-8-14-13/h5-6,9-10,14H,3-4,7-8H2,1-2H3,(H,15,16)/t10-,13?/m0/s1. The van der Waals surface area contributed by atoms with Gasteiger partial charge in [0.25, 0.3) is 0 Å². The molecule has 1 aliphatic rings. The SMILES string of the molecule is C[C@H](NC(=O)C1(C)CCCCN1)c1cccs1. The number of carbonyl (C=O) groups excluding carboxylic acids is 1. The van der Waals surface area contributed by atoms with Gasteiger partial charge < -0.3 is 10.6 Å². The molecular formula is C13H20N2OS. The van der Waals surface area contributed by atoms with Gasteiger partial charge in [-0.15, -0.1) is 11.3 Å². The van der Waals surface area contributed by atoms with Crippen LogP contribution in [-0.2, 0) is 4.79 Å². The molecule has 2 atom stereocenters. The van der Waals surface area contributed by atoms with Crippen molar-refractivity contribution < 1.29 is 4.79 Å². The van der Waals surface area contributed by atoms with Gasteiger partial charge in [-0.05, 0) is 51.1 Å². The summed E-state index contributed by atoms with van der Waals surface area (Å²) in [6.07, 6.45) is 3.23. The third kappa shape index (κ3) is 2.87. The average Bonchev–Trinajstić information content (AvgIpc) is 2.83. The second kappa shape index (κ2) is 5.19. The van der Waals surface area contributed by atoms with Gasteiger partial charge in [-0.1, -0.05) is 6.07 Å². The topological polar surface area (TPSA) is 41.1 Å². The number of carbonyl (C=O) groups is 1. The summed E-state index contributed by atoms with van der Waals surface area (Å²) < 4.78 is 0. The quantitative estimate of drug-likeness (QED) is 0.867. The highest BCUT2D eigenvalue weighted by atomic mass is 32.1. The van der Waals surface area contributed by atoms with Crippen molar-refractivity contribution in [3.63, 3.8) is 0 Å². The average molecular weight is 252 g/mol. The van der Waals surface area contributed by atoms with Crippen molar-refractivity contribution in [1.82, 2.24) is 10.6 Å². The van der Waals surface area contributed by atoms with Crippen LogP contribution < -0.4 is 10.6 Å². The highest BCUT2D eigenvalue weighted by Gasteiger charge is 2.34. The first-order valence-corrected chi connectivity index (χ1v) is 7.09. The van der Waals surface area contributed by atoms with Crippen LogP contribution in [0.5, 0.6) is 0 Å². The Bertz CT molecular complexity index is 369. The van der Waals surface area contributed by atoms with Crippen molar-refractivity contribution in [3.8, 4) is 0 Å². The highest BCUT2D eigenvalue weighted by Crippen LogP contribution is 2.22. The third-order valence-corrected chi connectivity index (χ3v) is 4.49. The zero-order chi connectivity index (χ0) is 12.3. The number of amides is 1. The zero-order valence-electron chi connectivity index (χ0n) is 10.5. The highest BCUT2D eigenvalue weighted by molar-refractivity contribution is 7.10. The molecule has 1 unspecified atom stereocenters. The van der Waals surface area contributed by atoms with Crippen molar-refractivity contribution in [1.29, 1.82) is 0 Å². The first-order chi connectivity index (χ1) is 8.12. The molecule has 0 saturated carbocycles. The lowest BCUT2D eigenvalue weighted by molar-refractivity contribution is -0.128. The summed E-state index contributed by atoms with van der Waals surface area (Å²) in [6, 6.07) is 4.18. The minimum absolute atomic E-state index is 0.100. The van der Waals surface area contributed by atoms with Crippen molar-refractivity contribution in [3.05, 3.63) is 22.4 Å². The lowest BCUT2D eigenvalue weighted by Gasteiger charge is -2.34. The minimum atomic E-state index is -0.385. The Hall–Kier alpha value is -0.870. The molecule has 0 bridgehead atoms. The lowest BCUT2D eigenvalue weighted by atomic mass is 9.90. The molecule has 0 aromatic carbocycles. The molecular weight excluding hydrogens is 232 g/mol. The Labute approximate surface area is 107 Å². The third-order valence-electron chi connectivity index (χ3n) is 3.44. The van der Waals surface area contributed by atoms with E-state index in [0.29, 0.717) is 0 Å². The van der Waals surface area contributed by atoms with Crippen LogP contribution in [0.2, 0.25) is 0 Å². The summed E-state index contributed by atoms with van der Waals surface area (Å²) in [5, 5.41) is 8.48. The van der Waals surface area contributed by atoms with E-state index in [1.54, 1.807) is 11.3 Å². The maximum absolute atomic E-state index is 12.3. The number of nitrogens with one attached hydrogen (secondary N) is 2. The first-order valence-electron chi connectivity index (χ1n) is 6.21. The van der Waals surface area contributed by atoms with E-state index in [-0.39, 0.29) is 17.5 Å². The van der Waals surface area contributed by atoms with Crippen LogP contribution in [0, 0.1) is 0 Å². The number of hydrogen-bond donors (Lipinski definition) is 2. The maximum atomic E-state index is 12.3. The molecule has 1 aromatic heterocycles. The molecule has 3 nitrogen and oxygen atoms in total. The Morgan fingerprint density at radius 2 is 2.41 bits per heavy atom. The number of thiophene rings is 1. The first kappa shape index (κ1) is 12.6. The second-order valence-corrected chi connectivity index (χ2v) is 5.91. The van der Waals surface area contributed by atoms with Gasteiger partial charge >= 0.3 is 0 Å². The van der Waals surface area contributed by atoms with E-state index < -0.39 is 0 Å². The number of hydrogen-bond acceptors (Lipinski definition) is 3. The summed E-state index contributed by atoms with van der Waals surface area (Å²) in [7, 11) is 0. The second-order valence-electron chi connectivity index (χ2n) is 4.93. The molecule has 94 valence electrons. The molecule has 1 amide bonds. The summed E-state index contributed by atoms with van der Waals surface area (Å²) in [5.74, 6) is 0.123. The van der Waals surface area contributed by atoms with Crippen molar-refractivity contribution in [2.45, 2.75) is 44.7 Å². The van der Waals surface area contributed by atoms with Crippen LogP contribution in [0.15, 0.2) is 17.5 Å². The van der Waals surface area contributed by atoms with Gasteiger partial charge in [0.05, 0.1) is 11.6 Å². The van der Waals surface area contributed by atoms with Crippen molar-refractivity contribution in [2.24, 2.45) is 0 Å². The molecule has 17 heavy (non-hydrogen) atoms. The molecule has 1 aromatic rings. The molecule has 2 N–H and O–H groups in total. The molecule has 1 aliphatic heterocycles. The molecule has 0 radical (unpaired) electrons. The van der Waals surface area contributed by atoms with Crippen LogP contribution in [0.3, 0.4) is 0 Å². The van der Waals surface area contributed by atoms with Crippen molar-refractivity contribution in [2.75, 3.05) is 6.54 Å². The van der Waals surface area contributed by atoms with E-state index >= 15 is 0 Å². The molecule has 0 spiro atoms. The number of piperidine rings is 1. The Morgan fingerprint density at radius 1 is 1.59 bits per heavy atom. The molecule has 1 saturated heterocycles. The Balaban J connectivity index is 1.96. The number of rotatable bonds is 3. The van der Waals surface area contributed by atoms with Gasteiger partial charge in [0, 0.05) is 4.88 Å². The van der Waals surface area contributed by atoms with Crippen LogP contribution in [-0.4, -0.2) is 18.0 Å². The van der Waals surface area contributed by atoms with Crippen LogP contribution in [0.4, 0.5) is 0 Å². The lowest BCUT2D eigenvalue weighted by Crippen LogP contribution is -2.57. The molecule has 0 aliphatic carbocycles. The predicted octanol–water partition coefficient (Wildman–Crippen LogP) is 2.46. The van der Waals surface area contributed by atoms with E-state index in [1.807, 2.05) is 25.3 Å². The molecule has 2 heterocycles. The summed E-state index contributed by atoms with van der Waals surface area (Å²) in [4.78, 5) is 13.5. The van der Waals surface area contributed by atoms with Crippen LogP contribution in [0.1, 0.15) is 44.0 Å². The fourth-order valence-corrected chi connectivity index (χ4v) is 2.95. The van der Waals surface area contributed by atoms with Crippen LogP contribution >= 0.6 is 11.3 Å². The normalized spacial score (nSPS) is 26.5. The molecule has 4 heteroatoms. The van der Waals surface area contributed by atoms with Crippen molar-refractivity contribution >= 4 is 17.2 Å². The van der Waals surface area contributed by atoms with Gasteiger partial charge in [0.1, 0.15) is 0 Å². The van der Waals surface area contributed by atoms with Crippen LogP contribution in [0.25, 0.3) is 0 Å². The van der Waals surface area contributed by atoms with E-state index in [1.165, 1.54) is 11.3 Å².